The van der Waals surface area contributed by atoms with E-state index in [0.717, 1.165) is 18.4 Å². The highest BCUT2D eigenvalue weighted by atomic mass is 35.5. The van der Waals surface area contributed by atoms with Crippen LogP contribution in [0, 0.1) is 12.7 Å². The summed E-state index contributed by atoms with van der Waals surface area (Å²) in [6.07, 6.45) is 2.31. The number of likely N-dealkylation sites (tertiary alicyclic amines) is 1. The zero-order valence-corrected chi connectivity index (χ0v) is 18.3. The molecule has 9 heteroatoms. The molecule has 0 spiro atoms. The van der Waals surface area contributed by atoms with Crippen LogP contribution < -0.4 is 5.32 Å². The average Bonchev–Trinajstić information content (AvgIpc) is 3.45. The smallest absolute Gasteiger partial charge is 0.274 e. The standard InChI is InChI=1S/C23H23ClFN5O2/c1-15-21(27-28-30(15)17-9-10-19(25)18(24)14-17)22(31)26-20(13-16-7-3-2-4-8-16)23(32)29-11-5-6-12-29/h2-4,7-10,14,20H,5-6,11-13H2,1H3,(H,26,31). The fraction of sp³-hybridized carbons (Fsp3) is 0.304. The van der Waals surface area contributed by atoms with Crippen LogP contribution in [-0.4, -0.2) is 50.8 Å². The number of carbonyl (C=O) groups excluding carboxylic acids is 2. The Hall–Kier alpha value is -3.26. The highest BCUT2D eigenvalue weighted by Gasteiger charge is 2.30. The third kappa shape index (κ3) is 4.65. The van der Waals surface area contributed by atoms with Gasteiger partial charge in [-0.1, -0.05) is 47.1 Å². The second kappa shape index (κ2) is 9.48. The Morgan fingerprint density at radius 2 is 1.88 bits per heavy atom. The summed E-state index contributed by atoms with van der Waals surface area (Å²) in [6, 6.07) is 13.0. The van der Waals surface area contributed by atoms with Crippen molar-refractivity contribution in [1.82, 2.24) is 25.2 Å². The molecule has 2 amide bonds. The summed E-state index contributed by atoms with van der Waals surface area (Å²) in [7, 11) is 0. The Morgan fingerprint density at radius 3 is 2.56 bits per heavy atom. The number of hydrogen-bond acceptors (Lipinski definition) is 4. The lowest BCUT2D eigenvalue weighted by Crippen LogP contribution is -2.49. The van der Waals surface area contributed by atoms with Crippen LogP contribution in [0.15, 0.2) is 48.5 Å². The first-order chi connectivity index (χ1) is 15.4. The second-order valence-electron chi connectivity index (χ2n) is 7.78. The zero-order valence-electron chi connectivity index (χ0n) is 17.6. The van der Waals surface area contributed by atoms with Crippen LogP contribution in [0.1, 0.15) is 34.6 Å². The van der Waals surface area contributed by atoms with E-state index in [1.165, 1.54) is 22.9 Å². The van der Waals surface area contributed by atoms with Gasteiger partial charge in [0.05, 0.1) is 16.4 Å². The minimum Gasteiger partial charge on any atom is -0.341 e. The molecule has 1 fully saturated rings. The lowest BCUT2D eigenvalue weighted by atomic mass is 10.0. The molecular weight excluding hydrogens is 433 g/mol. The van der Waals surface area contributed by atoms with Gasteiger partial charge in [0.2, 0.25) is 5.91 Å². The van der Waals surface area contributed by atoms with Gasteiger partial charge in [0.15, 0.2) is 5.69 Å². The molecular formula is C23H23ClFN5O2. The number of hydrogen-bond donors (Lipinski definition) is 1. The molecule has 1 aromatic heterocycles. The first-order valence-electron chi connectivity index (χ1n) is 10.5. The summed E-state index contributed by atoms with van der Waals surface area (Å²) in [5.74, 6) is -1.14. The molecule has 1 saturated heterocycles. The van der Waals surface area contributed by atoms with Gasteiger partial charge in [-0.05, 0) is 43.5 Å². The third-order valence-electron chi connectivity index (χ3n) is 5.56. The third-order valence-corrected chi connectivity index (χ3v) is 5.85. The highest BCUT2D eigenvalue weighted by molar-refractivity contribution is 6.30. The molecule has 32 heavy (non-hydrogen) atoms. The monoisotopic (exact) mass is 455 g/mol. The maximum atomic E-state index is 13.5. The van der Waals surface area contributed by atoms with E-state index >= 15 is 0 Å². The molecule has 1 aliphatic heterocycles. The fourth-order valence-corrected chi connectivity index (χ4v) is 4.01. The van der Waals surface area contributed by atoms with Crippen molar-refractivity contribution in [3.63, 3.8) is 0 Å². The Morgan fingerprint density at radius 1 is 1.16 bits per heavy atom. The van der Waals surface area contributed by atoms with Gasteiger partial charge in [-0.15, -0.1) is 5.10 Å². The van der Waals surface area contributed by atoms with E-state index in [1.54, 1.807) is 11.8 Å². The van der Waals surface area contributed by atoms with Gasteiger partial charge in [-0.3, -0.25) is 9.59 Å². The van der Waals surface area contributed by atoms with E-state index in [1.807, 2.05) is 30.3 Å². The zero-order chi connectivity index (χ0) is 22.7. The van der Waals surface area contributed by atoms with Crippen molar-refractivity contribution in [2.24, 2.45) is 0 Å². The van der Waals surface area contributed by atoms with E-state index in [-0.39, 0.29) is 16.6 Å². The van der Waals surface area contributed by atoms with Crippen molar-refractivity contribution in [3.05, 3.63) is 76.3 Å². The van der Waals surface area contributed by atoms with Crippen LogP contribution >= 0.6 is 11.6 Å². The number of rotatable bonds is 6. The molecule has 4 rings (SSSR count). The lowest BCUT2D eigenvalue weighted by Gasteiger charge is -2.24. The number of halogens is 2. The van der Waals surface area contributed by atoms with Gasteiger partial charge >= 0.3 is 0 Å². The molecule has 1 unspecified atom stereocenters. The van der Waals surface area contributed by atoms with Crippen molar-refractivity contribution in [2.75, 3.05) is 13.1 Å². The number of nitrogens with zero attached hydrogens (tertiary/aromatic N) is 4. The first kappa shape index (κ1) is 22.0. The molecule has 2 aromatic carbocycles. The Balaban J connectivity index is 1.57. The normalized spacial score (nSPS) is 14.4. The summed E-state index contributed by atoms with van der Waals surface area (Å²) in [6.45, 7) is 3.07. The Bertz CT molecular complexity index is 1130. The van der Waals surface area contributed by atoms with E-state index in [0.29, 0.717) is 30.9 Å². The average molecular weight is 456 g/mol. The molecule has 0 aliphatic carbocycles. The lowest BCUT2D eigenvalue weighted by molar-refractivity contribution is -0.132. The maximum Gasteiger partial charge on any atom is 0.274 e. The molecule has 0 bridgehead atoms. The molecule has 1 N–H and O–H groups in total. The summed E-state index contributed by atoms with van der Waals surface area (Å²) in [5.41, 5.74) is 1.98. The minimum absolute atomic E-state index is 0.0532. The fourth-order valence-electron chi connectivity index (χ4n) is 3.84. The SMILES string of the molecule is Cc1c(C(=O)NC(Cc2ccccc2)C(=O)N2CCCC2)nnn1-c1ccc(F)c(Cl)c1. The molecule has 3 aromatic rings. The Kier molecular flexibility index (Phi) is 6.50. The molecule has 2 heterocycles. The molecule has 1 aliphatic rings. The van der Waals surface area contributed by atoms with E-state index in [2.05, 4.69) is 15.6 Å². The highest BCUT2D eigenvalue weighted by Crippen LogP contribution is 2.20. The van der Waals surface area contributed by atoms with Gasteiger partial charge in [-0.25, -0.2) is 9.07 Å². The van der Waals surface area contributed by atoms with Crippen LogP contribution in [0.5, 0.6) is 0 Å². The Labute approximate surface area is 190 Å². The second-order valence-corrected chi connectivity index (χ2v) is 8.19. The number of nitrogens with one attached hydrogen (secondary N) is 1. The molecule has 7 nitrogen and oxygen atoms in total. The van der Waals surface area contributed by atoms with Gasteiger partial charge in [0.25, 0.3) is 5.91 Å². The van der Waals surface area contributed by atoms with Crippen molar-refractivity contribution in [1.29, 1.82) is 0 Å². The molecule has 1 atom stereocenters. The van der Waals surface area contributed by atoms with Crippen LogP contribution in [0.2, 0.25) is 5.02 Å². The summed E-state index contributed by atoms with van der Waals surface area (Å²) < 4.78 is 14.9. The summed E-state index contributed by atoms with van der Waals surface area (Å²) in [4.78, 5) is 28.0. The summed E-state index contributed by atoms with van der Waals surface area (Å²) >= 11 is 5.87. The van der Waals surface area contributed by atoms with E-state index < -0.39 is 17.8 Å². The van der Waals surface area contributed by atoms with Crippen molar-refractivity contribution < 1.29 is 14.0 Å². The van der Waals surface area contributed by atoms with Crippen LogP contribution in [0.4, 0.5) is 4.39 Å². The van der Waals surface area contributed by atoms with Crippen LogP contribution in [0.25, 0.3) is 5.69 Å². The number of amides is 2. The predicted molar refractivity (Wildman–Crippen MR) is 118 cm³/mol. The topological polar surface area (TPSA) is 80.1 Å². The molecule has 0 saturated carbocycles. The molecule has 166 valence electrons. The van der Waals surface area contributed by atoms with Crippen molar-refractivity contribution in [3.8, 4) is 5.69 Å². The quantitative estimate of drug-likeness (QED) is 0.618. The largest absolute Gasteiger partial charge is 0.341 e. The number of benzene rings is 2. The van der Waals surface area contributed by atoms with E-state index in [9.17, 15) is 14.0 Å². The van der Waals surface area contributed by atoms with Crippen LogP contribution in [-0.2, 0) is 11.2 Å². The van der Waals surface area contributed by atoms with Crippen molar-refractivity contribution in [2.45, 2.75) is 32.2 Å². The van der Waals surface area contributed by atoms with E-state index in [4.69, 9.17) is 11.6 Å². The van der Waals surface area contributed by atoms with Gasteiger partial charge < -0.3 is 10.2 Å². The predicted octanol–water partition coefficient (Wildman–Crippen LogP) is 3.33. The number of carbonyl (C=O) groups is 2. The van der Waals surface area contributed by atoms with Gasteiger partial charge in [0, 0.05) is 19.5 Å². The summed E-state index contributed by atoms with van der Waals surface area (Å²) in [5, 5.41) is 10.8. The first-order valence-corrected chi connectivity index (χ1v) is 10.8. The number of aromatic nitrogens is 3. The maximum absolute atomic E-state index is 13.5. The van der Waals surface area contributed by atoms with Crippen molar-refractivity contribution >= 4 is 23.4 Å². The van der Waals surface area contributed by atoms with Gasteiger partial charge in [-0.2, -0.15) is 0 Å². The van der Waals surface area contributed by atoms with Crippen LogP contribution in [0.3, 0.4) is 0 Å². The molecule has 0 radical (unpaired) electrons. The van der Waals surface area contributed by atoms with Gasteiger partial charge in [0.1, 0.15) is 11.9 Å². The minimum atomic E-state index is -0.715.